The normalized spacial score (nSPS) is 15.8. The number of carbonyl (C=O) groups is 3. The van der Waals surface area contributed by atoms with Crippen LogP contribution in [-0.2, 0) is 4.79 Å². The second kappa shape index (κ2) is 8.45. The molecule has 0 saturated carbocycles. The monoisotopic (exact) mass is 446 g/mol. The molecular weight excluding hydrogens is 424 g/mol. The van der Waals surface area contributed by atoms with Crippen LogP contribution in [0.5, 0.6) is 0 Å². The lowest BCUT2D eigenvalue weighted by molar-refractivity contribution is -0.131. The maximum atomic E-state index is 12.7. The van der Waals surface area contributed by atoms with E-state index < -0.39 is 0 Å². The first-order chi connectivity index (χ1) is 16.0. The summed E-state index contributed by atoms with van der Waals surface area (Å²) in [6, 6.07) is 10.5. The molecule has 10 heteroatoms. The summed E-state index contributed by atoms with van der Waals surface area (Å²) in [5.74, 6) is 1.08. The Kier molecular flexibility index (Phi) is 5.33. The summed E-state index contributed by atoms with van der Waals surface area (Å²) in [6.07, 6.45) is 1.82. The van der Waals surface area contributed by atoms with E-state index in [0.29, 0.717) is 49.0 Å². The van der Waals surface area contributed by atoms with Gasteiger partial charge in [0.15, 0.2) is 0 Å². The summed E-state index contributed by atoms with van der Waals surface area (Å²) in [4.78, 5) is 51.4. The number of piperazine rings is 1. The fraction of sp³-hybridized carbons (Fsp3) is 0.304. The molecule has 2 aromatic heterocycles. The van der Waals surface area contributed by atoms with Crippen molar-refractivity contribution in [3.8, 4) is 11.4 Å². The molecule has 1 saturated heterocycles. The maximum absolute atomic E-state index is 12.7. The minimum Gasteiger partial charge on any atom is -0.353 e. The van der Waals surface area contributed by atoms with Crippen LogP contribution >= 0.6 is 0 Å². The van der Waals surface area contributed by atoms with Gasteiger partial charge in [0.05, 0.1) is 11.1 Å². The number of anilines is 1. The Balaban J connectivity index is 1.13. The van der Waals surface area contributed by atoms with Crippen LogP contribution in [0.2, 0.25) is 0 Å². The molecule has 0 bridgehead atoms. The highest BCUT2D eigenvalue weighted by Crippen LogP contribution is 2.23. The quantitative estimate of drug-likeness (QED) is 0.545. The van der Waals surface area contributed by atoms with Crippen molar-refractivity contribution in [3.05, 3.63) is 59.6 Å². The van der Waals surface area contributed by atoms with Gasteiger partial charge < -0.3 is 14.3 Å². The average molecular weight is 446 g/mol. The molecule has 10 nitrogen and oxygen atoms in total. The molecule has 3 amide bonds. The van der Waals surface area contributed by atoms with Crippen LogP contribution in [0.3, 0.4) is 0 Å². The summed E-state index contributed by atoms with van der Waals surface area (Å²) >= 11 is 0. The molecule has 0 N–H and O–H groups in total. The van der Waals surface area contributed by atoms with Crippen LogP contribution in [-0.4, -0.2) is 75.4 Å². The maximum Gasteiger partial charge on any atom is 0.261 e. The number of aryl methyl sites for hydroxylation is 1. The largest absolute Gasteiger partial charge is 0.353 e. The number of rotatable bonds is 5. The predicted octanol–water partition coefficient (Wildman–Crippen LogP) is 1.77. The predicted molar refractivity (Wildman–Crippen MR) is 117 cm³/mol. The third kappa shape index (κ3) is 3.95. The highest BCUT2D eigenvalue weighted by molar-refractivity contribution is 6.21. The number of imide groups is 1. The first-order valence-electron chi connectivity index (χ1n) is 10.8. The molecule has 0 spiro atoms. The average Bonchev–Trinajstić information content (AvgIpc) is 3.39. The molecule has 33 heavy (non-hydrogen) atoms. The van der Waals surface area contributed by atoms with Gasteiger partial charge in [-0.3, -0.25) is 19.3 Å². The number of pyridine rings is 1. The number of amides is 3. The van der Waals surface area contributed by atoms with Gasteiger partial charge in [-0.05, 0) is 24.3 Å². The first-order valence-corrected chi connectivity index (χ1v) is 10.8. The molecule has 5 rings (SSSR count). The Labute approximate surface area is 189 Å². The lowest BCUT2D eigenvalue weighted by Crippen LogP contribution is -2.49. The van der Waals surface area contributed by atoms with Gasteiger partial charge in [0, 0.05) is 57.8 Å². The summed E-state index contributed by atoms with van der Waals surface area (Å²) in [6.45, 7) is 4.21. The third-order valence-corrected chi connectivity index (χ3v) is 5.92. The molecule has 0 radical (unpaired) electrons. The van der Waals surface area contributed by atoms with E-state index in [-0.39, 0.29) is 30.7 Å². The minimum atomic E-state index is -0.335. The number of nitrogens with zero attached hydrogens (tertiary/aromatic N) is 6. The van der Waals surface area contributed by atoms with Gasteiger partial charge in [0.2, 0.25) is 17.6 Å². The molecule has 0 unspecified atom stereocenters. The lowest BCUT2D eigenvalue weighted by Gasteiger charge is -2.35. The van der Waals surface area contributed by atoms with Crippen LogP contribution < -0.4 is 4.90 Å². The van der Waals surface area contributed by atoms with Gasteiger partial charge in [-0.2, -0.15) is 4.98 Å². The van der Waals surface area contributed by atoms with E-state index in [9.17, 15) is 14.4 Å². The van der Waals surface area contributed by atoms with Crippen LogP contribution in [0.15, 0.2) is 47.1 Å². The summed E-state index contributed by atoms with van der Waals surface area (Å²) in [5.41, 5.74) is 1.57. The van der Waals surface area contributed by atoms with Gasteiger partial charge in [-0.1, -0.05) is 17.3 Å². The molecular formula is C23H22N6O4. The highest BCUT2D eigenvalue weighted by atomic mass is 16.5. The van der Waals surface area contributed by atoms with Gasteiger partial charge in [-0.25, -0.2) is 4.98 Å². The summed E-state index contributed by atoms with van der Waals surface area (Å²) in [5, 5.41) is 3.90. The van der Waals surface area contributed by atoms with Crippen molar-refractivity contribution in [2.75, 3.05) is 37.6 Å². The Morgan fingerprint density at radius 3 is 2.27 bits per heavy atom. The number of carbonyl (C=O) groups excluding carboxylic acids is 3. The Bertz CT molecular complexity index is 1180. The Hall–Kier alpha value is -4.08. The Morgan fingerprint density at radius 1 is 1.00 bits per heavy atom. The van der Waals surface area contributed by atoms with E-state index in [1.165, 1.54) is 0 Å². The number of aromatic nitrogens is 3. The molecule has 1 aromatic carbocycles. The molecule has 1 fully saturated rings. The molecule has 168 valence electrons. The number of fused-ring (bicyclic) bond motifs is 1. The zero-order valence-corrected chi connectivity index (χ0v) is 18.1. The summed E-state index contributed by atoms with van der Waals surface area (Å²) in [7, 11) is 0. The topological polar surface area (TPSA) is 113 Å². The van der Waals surface area contributed by atoms with Crippen molar-refractivity contribution in [3.63, 3.8) is 0 Å². The van der Waals surface area contributed by atoms with Gasteiger partial charge in [-0.15, -0.1) is 0 Å². The molecule has 2 aliphatic heterocycles. The molecule has 0 atom stereocenters. The van der Waals surface area contributed by atoms with Crippen LogP contribution in [0.1, 0.15) is 33.0 Å². The van der Waals surface area contributed by atoms with E-state index >= 15 is 0 Å². The SMILES string of the molecule is Cc1nc(-c2ccc(N3CCN(C(=O)CCN4C(=O)c5ccccc5C4=O)CC3)nc2)no1. The molecule has 2 aliphatic rings. The zero-order valence-electron chi connectivity index (χ0n) is 18.1. The van der Waals surface area contributed by atoms with Crippen molar-refractivity contribution >= 4 is 23.5 Å². The summed E-state index contributed by atoms with van der Waals surface area (Å²) < 4.78 is 5.00. The van der Waals surface area contributed by atoms with Crippen LogP contribution in [0, 0.1) is 6.92 Å². The standard InChI is InChI=1S/C23H22N6O4/c1-15-25-21(26-33-15)16-6-7-19(24-14-16)27-10-12-28(13-11-27)20(30)8-9-29-22(31)17-4-2-3-5-18(17)23(29)32/h2-7,14H,8-13H2,1H3. The van der Waals surface area contributed by atoms with Gasteiger partial charge >= 0.3 is 0 Å². The van der Waals surface area contributed by atoms with E-state index in [4.69, 9.17) is 4.52 Å². The van der Waals surface area contributed by atoms with Gasteiger partial charge in [0.1, 0.15) is 5.82 Å². The van der Waals surface area contributed by atoms with E-state index in [1.54, 1.807) is 42.3 Å². The molecule has 3 aromatic rings. The van der Waals surface area contributed by atoms with Crippen molar-refractivity contribution in [2.24, 2.45) is 0 Å². The lowest BCUT2D eigenvalue weighted by atomic mass is 10.1. The van der Waals surface area contributed by atoms with Crippen LogP contribution in [0.4, 0.5) is 5.82 Å². The molecule has 0 aliphatic carbocycles. The van der Waals surface area contributed by atoms with Crippen molar-refractivity contribution in [1.82, 2.24) is 24.9 Å². The second-order valence-corrected chi connectivity index (χ2v) is 7.97. The Morgan fingerprint density at radius 2 is 1.70 bits per heavy atom. The minimum absolute atomic E-state index is 0.0676. The van der Waals surface area contributed by atoms with E-state index in [2.05, 4.69) is 20.0 Å². The van der Waals surface area contributed by atoms with Gasteiger partial charge in [0.25, 0.3) is 11.8 Å². The number of hydrogen-bond acceptors (Lipinski definition) is 8. The second-order valence-electron chi connectivity index (χ2n) is 7.97. The van der Waals surface area contributed by atoms with Crippen molar-refractivity contribution < 1.29 is 18.9 Å². The van der Waals surface area contributed by atoms with Crippen molar-refractivity contribution in [2.45, 2.75) is 13.3 Å². The third-order valence-electron chi connectivity index (χ3n) is 5.92. The smallest absolute Gasteiger partial charge is 0.261 e. The number of hydrogen-bond donors (Lipinski definition) is 0. The number of benzene rings is 1. The fourth-order valence-electron chi connectivity index (χ4n) is 4.11. The zero-order chi connectivity index (χ0) is 22.9. The van der Waals surface area contributed by atoms with E-state index in [0.717, 1.165) is 16.3 Å². The van der Waals surface area contributed by atoms with E-state index in [1.807, 2.05) is 12.1 Å². The highest BCUT2D eigenvalue weighted by Gasteiger charge is 2.35. The molecule has 4 heterocycles. The fourth-order valence-corrected chi connectivity index (χ4v) is 4.11. The first kappa shape index (κ1) is 20.8. The van der Waals surface area contributed by atoms with Crippen molar-refractivity contribution in [1.29, 1.82) is 0 Å². The van der Waals surface area contributed by atoms with Crippen LogP contribution in [0.25, 0.3) is 11.4 Å².